The number of rotatable bonds is 6. The van der Waals surface area contributed by atoms with Gasteiger partial charge in [0.2, 0.25) is 0 Å². The summed E-state index contributed by atoms with van der Waals surface area (Å²) in [5.41, 5.74) is 2.42. The second-order valence-corrected chi connectivity index (χ2v) is 9.70. The summed E-state index contributed by atoms with van der Waals surface area (Å²) in [5, 5.41) is 13.5. The molecular formula is C25H26N2O5. The van der Waals surface area contributed by atoms with Gasteiger partial charge < -0.3 is 10.1 Å². The van der Waals surface area contributed by atoms with Crippen molar-refractivity contribution < 1.29 is 19.2 Å². The Morgan fingerprint density at radius 3 is 2.03 bits per heavy atom. The van der Waals surface area contributed by atoms with Gasteiger partial charge in [0.05, 0.1) is 10.5 Å². The standard InChI is InChI=1S/C25H26N2O5/c28-23(15-32-24(29)19-1-7-22(8-2-19)27(30)31)26-21-5-3-20(4-6-21)25-12-16-9-17(13-25)11-18(10-16)14-25/h1-8,16-18H,9-15H2,(H,26,28). The molecule has 0 atom stereocenters. The quantitative estimate of drug-likeness (QED) is 0.398. The molecule has 4 bridgehead atoms. The Bertz CT molecular complexity index is 1010. The third-order valence-corrected chi connectivity index (χ3v) is 7.47. The Kier molecular flexibility index (Phi) is 5.19. The fourth-order valence-electron chi connectivity index (χ4n) is 6.50. The minimum Gasteiger partial charge on any atom is -0.452 e. The van der Waals surface area contributed by atoms with Crippen molar-refractivity contribution in [1.29, 1.82) is 0 Å². The lowest BCUT2D eigenvalue weighted by molar-refractivity contribution is -0.384. The number of anilines is 1. The molecule has 7 nitrogen and oxygen atoms in total. The number of carbonyl (C=O) groups excluding carboxylic acids is 2. The van der Waals surface area contributed by atoms with Gasteiger partial charge in [-0.1, -0.05) is 12.1 Å². The van der Waals surface area contributed by atoms with Crippen LogP contribution in [-0.4, -0.2) is 23.4 Å². The Hall–Kier alpha value is -3.22. The van der Waals surface area contributed by atoms with Gasteiger partial charge in [0.1, 0.15) is 0 Å². The van der Waals surface area contributed by atoms with Crippen LogP contribution < -0.4 is 5.32 Å². The number of ether oxygens (including phenoxy) is 1. The molecule has 0 spiro atoms. The number of amides is 1. The molecule has 4 aliphatic rings. The summed E-state index contributed by atoms with van der Waals surface area (Å²) < 4.78 is 5.03. The molecule has 32 heavy (non-hydrogen) atoms. The van der Waals surface area contributed by atoms with Gasteiger partial charge in [-0.3, -0.25) is 14.9 Å². The number of carbonyl (C=O) groups is 2. The summed E-state index contributed by atoms with van der Waals surface area (Å²) in [7, 11) is 0. The van der Waals surface area contributed by atoms with E-state index >= 15 is 0 Å². The maximum Gasteiger partial charge on any atom is 0.338 e. The van der Waals surface area contributed by atoms with Crippen LogP contribution in [-0.2, 0) is 14.9 Å². The fraction of sp³-hybridized carbons (Fsp3) is 0.440. The van der Waals surface area contributed by atoms with Gasteiger partial charge >= 0.3 is 5.97 Å². The van der Waals surface area contributed by atoms with Crippen LogP contribution in [0.25, 0.3) is 0 Å². The van der Waals surface area contributed by atoms with Crippen LogP contribution in [0.2, 0.25) is 0 Å². The largest absolute Gasteiger partial charge is 0.452 e. The molecule has 0 saturated heterocycles. The lowest BCUT2D eigenvalue weighted by atomic mass is 9.48. The minimum absolute atomic E-state index is 0.115. The number of nitrogens with one attached hydrogen (secondary N) is 1. The number of nitrogens with zero attached hydrogens (tertiary/aromatic N) is 1. The molecular weight excluding hydrogens is 408 g/mol. The van der Waals surface area contributed by atoms with E-state index in [1.54, 1.807) is 0 Å². The van der Waals surface area contributed by atoms with E-state index in [1.165, 1.54) is 68.4 Å². The lowest BCUT2D eigenvalue weighted by Crippen LogP contribution is -2.48. The Labute approximate surface area is 186 Å². The number of nitro benzene ring substituents is 1. The predicted molar refractivity (Wildman–Crippen MR) is 118 cm³/mol. The molecule has 1 amide bonds. The molecule has 166 valence electrons. The second kappa shape index (κ2) is 8.04. The molecule has 0 aliphatic heterocycles. The van der Waals surface area contributed by atoms with Gasteiger partial charge in [-0.2, -0.15) is 0 Å². The highest BCUT2D eigenvalue weighted by Gasteiger charge is 2.51. The van der Waals surface area contributed by atoms with Crippen molar-refractivity contribution in [2.24, 2.45) is 17.8 Å². The van der Waals surface area contributed by atoms with Crippen molar-refractivity contribution in [3.05, 3.63) is 69.8 Å². The first kappa shape index (κ1) is 20.7. The van der Waals surface area contributed by atoms with Crippen molar-refractivity contribution in [3.8, 4) is 0 Å². The zero-order valence-electron chi connectivity index (χ0n) is 17.8. The van der Waals surface area contributed by atoms with Crippen molar-refractivity contribution in [1.82, 2.24) is 0 Å². The Balaban J connectivity index is 1.16. The highest BCUT2D eigenvalue weighted by molar-refractivity contribution is 5.95. The molecule has 0 heterocycles. The number of hydrogen-bond acceptors (Lipinski definition) is 5. The summed E-state index contributed by atoms with van der Waals surface area (Å²) >= 11 is 0. The van der Waals surface area contributed by atoms with E-state index in [4.69, 9.17) is 4.74 Å². The number of non-ortho nitro benzene ring substituents is 1. The first-order valence-electron chi connectivity index (χ1n) is 11.2. The van der Waals surface area contributed by atoms with Crippen LogP contribution >= 0.6 is 0 Å². The minimum atomic E-state index is -0.702. The molecule has 0 aromatic heterocycles. The second-order valence-electron chi connectivity index (χ2n) is 9.70. The van der Waals surface area contributed by atoms with Crippen LogP contribution in [0.4, 0.5) is 11.4 Å². The number of benzene rings is 2. The smallest absolute Gasteiger partial charge is 0.338 e. The van der Waals surface area contributed by atoms with Crippen molar-refractivity contribution in [2.45, 2.75) is 43.9 Å². The molecule has 7 heteroatoms. The van der Waals surface area contributed by atoms with Gasteiger partial charge in [0, 0.05) is 17.8 Å². The maximum absolute atomic E-state index is 12.2. The van der Waals surface area contributed by atoms with E-state index in [0.717, 1.165) is 17.8 Å². The van der Waals surface area contributed by atoms with Crippen LogP contribution in [0.5, 0.6) is 0 Å². The summed E-state index contributed by atoms with van der Waals surface area (Å²) in [6, 6.07) is 13.2. The average molecular weight is 434 g/mol. The highest BCUT2D eigenvalue weighted by Crippen LogP contribution is 2.60. The molecule has 4 fully saturated rings. The number of hydrogen-bond donors (Lipinski definition) is 1. The zero-order chi connectivity index (χ0) is 22.3. The van der Waals surface area contributed by atoms with Gasteiger partial charge in [-0.15, -0.1) is 0 Å². The number of esters is 1. The van der Waals surface area contributed by atoms with E-state index in [9.17, 15) is 19.7 Å². The third kappa shape index (κ3) is 3.99. The molecule has 1 N–H and O–H groups in total. The van der Waals surface area contributed by atoms with Crippen LogP contribution in [0.15, 0.2) is 48.5 Å². The molecule has 2 aromatic rings. The molecule has 0 radical (unpaired) electrons. The lowest BCUT2D eigenvalue weighted by Gasteiger charge is -2.57. The van der Waals surface area contributed by atoms with E-state index in [2.05, 4.69) is 17.4 Å². The topological polar surface area (TPSA) is 98.5 Å². The van der Waals surface area contributed by atoms with E-state index in [1.807, 2.05) is 12.1 Å². The summed E-state index contributed by atoms with van der Waals surface area (Å²) in [5.74, 6) is 1.51. The molecule has 0 unspecified atom stereocenters. The van der Waals surface area contributed by atoms with Crippen LogP contribution in [0, 0.1) is 27.9 Å². The molecule has 4 saturated carbocycles. The Morgan fingerprint density at radius 1 is 0.938 bits per heavy atom. The first-order chi connectivity index (χ1) is 15.4. The highest BCUT2D eigenvalue weighted by atomic mass is 16.6. The summed E-state index contributed by atoms with van der Waals surface area (Å²) in [6.45, 7) is -0.424. The van der Waals surface area contributed by atoms with Gasteiger partial charge in [-0.25, -0.2) is 4.79 Å². The summed E-state index contributed by atoms with van der Waals surface area (Å²) in [6.07, 6.45) is 8.11. The molecule has 2 aromatic carbocycles. The van der Waals surface area contributed by atoms with Crippen LogP contribution in [0.1, 0.15) is 54.4 Å². The third-order valence-electron chi connectivity index (χ3n) is 7.47. The SMILES string of the molecule is O=C(COC(=O)c1ccc([N+](=O)[O-])cc1)Nc1ccc(C23CC4CC(CC(C4)C2)C3)cc1. The monoisotopic (exact) mass is 434 g/mol. The van der Waals surface area contributed by atoms with Gasteiger partial charge in [0.15, 0.2) is 6.61 Å². The summed E-state index contributed by atoms with van der Waals surface area (Å²) in [4.78, 5) is 34.4. The van der Waals surface area contributed by atoms with Gasteiger partial charge in [-0.05, 0) is 91.5 Å². The maximum atomic E-state index is 12.2. The molecule has 4 aliphatic carbocycles. The molecule has 6 rings (SSSR count). The van der Waals surface area contributed by atoms with Crippen molar-refractivity contribution in [3.63, 3.8) is 0 Å². The number of nitro groups is 1. The van der Waals surface area contributed by atoms with Crippen molar-refractivity contribution in [2.75, 3.05) is 11.9 Å². The van der Waals surface area contributed by atoms with E-state index in [-0.39, 0.29) is 11.3 Å². The Morgan fingerprint density at radius 2 is 1.50 bits per heavy atom. The average Bonchev–Trinajstić information content (AvgIpc) is 2.77. The fourth-order valence-corrected chi connectivity index (χ4v) is 6.50. The van der Waals surface area contributed by atoms with Crippen LogP contribution in [0.3, 0.4) is 0 Å². The first-order valence-corrected chi connectivity index (χ1v) is 11.2. The van der Waals surface area contributed by atoms with Crippen molar-refractivity contribution >= 4 is 23.3 Å². The van der Waals surface area contributed by atoms with Gasteiger partial charge in [0.25, 0.3) is 11.6 Å². The zero-order valence-corrected chi connectivity index (χ0v) is 17.8. The predicted octanol–water partition coefficient (Wildman–Crippen LogP) is 4.86. The van der Waals surface area contributed by atoms with E-state index in [0.29, 0.717) is 11.1 Å². The van der Waals surface area contributed by atoms with E-state index < -0.39 is 23.4 Å². The normalized spacial score (nSPS) is 27.7.